The molecule has 2 bridgehead atoms. The first-order chi connectivity index (χ1) is 12.6. The van der Waals surface area contributed by atoms with E-state index in [1.807, 2.05) is 31.2 Å². The number of esters is 1. The highest BCUT2D eigenvalue weighted by Gasteiger charge is 2.68. The number of aliphatic imine (C=N–C) groups is 1. The lowest BCUT2D eigenvalue weighted by Gasteiger charge is -2.39. The van der Waals surface area contributed by atoms with Crippen LogP contribution in [0.2, 0.25) is 0 Å². The number of ether oxygens (including phenoxy) is 1. The van der Waals surface area contributed by atoms with Crippen LogP contribution in [0, 0.1) is 33.8 Å². The van der Waals surface area contributed by atoms with E-state index in [2.05, 4.69) is 20.8 Å². The molecule has 4 rings (SSSR count). The summed E-state index contributed by atoms with van der Waals surface area (Å²) in [6.07, 6.45) is 1.76. The number of benzene rings is 1. The lowest BCUT2D eigenvalue weighted by Crippen LogP contribution is -2.48. The quantitative estimate of drug-likeness (QED) is 0.461. The molecule has 1 aromatic rings. The summed E-state index contributed by atoms with van der Waals surface area (Å²) in [4.78, 5) is 28.7. The van der Waals surface area contributed by atoms with Crippen LogP contribution in [-0.2, 0) is 9.53 Å². The van der Waals surface area contributed by atoms with Crippen LogP contribution in [0.1, 0.15) is 50.7 Å². The van der Waals surface area contributed by atoms with Gasteiger partial charge in [0, 0.05) is 16.3 Å². The van der Waals surface area contributed by atoms with Gasteiger partial charge in [0.1, 0.15) is 6.10 Å². The van der Waals surface area contributed by atoms with Gasteiger partial charge in [-0.15, -0.1) is 0 Å². The predicted octanol–water partition coefficient (Wildman–Crippen LogP) is 3.55. The maximum Gasteiger partial charge on any atom is 0.332 e. The highest BCUT2D eigenvalue weighted by Crippen LogP contribution is 2.65. The molecule has 1 aliphatic heterocycles. The smallest absolute Gasteiger partial charge is 0.332 e. The molecule has 2 aliphatic carbocycles. The number of aryl methyl sites for hydroxylation is 1. The van der Waals surface area contributed by atoms with E-state index in [9.17, 15) is 14.9 Å². The Morgan fingerprint density at radius 2 is 1.96 bits per heavy atom. The van der Waals surface area contributed by atoms with E-state index in [0.717, 1.165) is 29.7 Å². The maximum absolute atomic E-state index is 12.9. The zero-order chi connectivity index (χ0) is 19.6. The van der Waals surface area contributed by atoms with Crippen LogP contribution >= 0.6 is 0 Å². The van der Waals surface area contributed by atoms with Gasteiger partial charge in [0.15, 0.2) is 6.04 Å². The molecule has 0 amide bonds. The summed E-state index contributed by atoms with van der Waals surface area (Å²) in [7, 11) is 0. The molecule has 1 heterocycles. The summed E-state index contributed by atoms with van der Waals surface area (Å²) in [5.74, 6) is -0.769. The van der Waals surface area contributed by atoms with Crippen LogP contribution in [0.5, 0.6) is 0 Å². The number of hydrogen-bond acceptors (Lipinski definition) is 5. The van der Waals surface area contributed by atoms with Crippen molar-refractivity contribution in [2.24, 2.45) is 21.7 Å². The Morgan fingerprint density at radius 3 is 2.59 bits per heavy atom. The first-order valence-electron chi connectivity index (χ1n) is 9.61. The fourth-order valence-electron chi connectivity index (χ4n) is 5.38. The fraction of sp³-hybridized carbons (Fsp3) is 0.619. The van der Waals surface area contributed by atoms with Crippen LogP contribution < -0.4 is 0 Å². The number of nitro groups is 1. The first kappa shape index (κ1) is 18.1. The number of rotatable bonds is 4. The average molecular weight is 370 g/mol. The summed E-state index contributed by atoms with van der Waals surface area (Å²) >= 11 is 0. The van der Waals surface area contributed by atoms with Crippen molar-refractivity contribution in [2.45, 2.75) is 58.6 Å². The van der Waals surface area contributed by atoms with Crippen molar-refractivity contribution in [1.82, 2.24) is 0 Å². The second kappa shape index (κ2) is 5.88. The van der Waals surface area contributed by atoms with Gasteiger partial charge < -0.3 is 4.74 Å². The largest absolute Gasteiger partial charge is 0.454 e. The maximum atomic E-state index is 12.9. The predicted molar refractivity (Wildman–Crippen MR) is 101 cm³/mol. The molecule has 0 aromatic heterocycles. The summed E-state index contributed by atoms with van der Waals surface area (Å²) in [5.41, 5.74) is 2.67. The van der Waals surface area contributed by atoms with Gasteiger partial charge in [-0.1, -0.05) is 50.6 Å². The Morgan fingerprint density at radius 1 is 1.30 bits per heavy atom. The van der Waals surface area contributed by atoms with E-state index in [0.29, 0.717) is 0 Å². The van der Waals surface area contributed by atoms with Crippen molar-refractivity contribution in [2.75, 3.05) is 6.54 Å². The summed E-state index contributed by atoms with van der Waals surface area (Å²) < 4.78 is 5.91. The molecule has 0 N–H and O–H groups in total. The fourth-order valence-corrected chi connectivity index (χ4v) is 5.38. The minimum Gasteiger partial charge on any atom is -0.454 e. The molecule has 0 saturated heterocycles. The van der Waals surface area contributed by atoms with Gasteiger partial charge in [-0.3, -0.25) is 15.1 Å². The van der Waals surface area contributed by atoms with E-state index in [1.54, 1.807) is 0 Å². The molecule has 0 unspecified atom stereocenters. The minimum atomic E-state index is -0.844. The highest BCUT2D eigenvalue weighted by molar-refractivity contribution is 6.01. The van der Waals surface area contributed by atoms with Crippen molar-refractivity contribution in [3.8, 4) is 0 Å². The third kappa shape index (κ3) is 2.52. The molecular formula is C21H26N2O4. The van der Waals surface area contributed by atoms with E-state index < -0.39 is 17.9 Å². The first-order valence-corrected chi connectivity index (χ1v) is 9.61. The Bertz CT molecular complexity index is 829. The summed E-state index contributed by atoms with van der Waals surface area (Å²) in [5, 5.41) is 11.3. The molecule has 2 fully saturated rings. The molecule has 1 aromatic carbocycles. The van der Waals surface area contributed by atoms with Gasteiger partial charge in [-0.05, 0) is 30.7 Å². The van der Waals surface area contributed by atoms with Gasteiger partial charge in [-0.25, -0.2) is 4.79 Å². The Hall–Kier alpha value is -2.24. The van der Waals surface area contributed by atoms with Gasteiger partial charge in [0.25, 0.3) is 0 Å². The molecule has 5 atom stereocenters. The normalized spacial score (nSPS) is 34.6. The lowest BCUT2D eigenvalue weighted by molar-refractivity contribution is -0.483. The zero-order valence-corrected chi connectivity index (χ0v) is 16.3. The van der Waals surface area contributed by atoms with Gasteiger partial charge in [0.05, 0.1) is 11.6 Å². The van der Waals surface area contributed by atoms with Gasteiger partial charge in [-0.2, -0.15) is 0 Å². The van der Waals surface area contributed by atoms with Crippen molar-refractivity contribution < 1.29 is 14.5 Å². The van der Waals surface area contributed by atoms with Gasteiger partial charge >= 0.3 is 5.97 Å². The molecule has 144 valence electrons. The SMILES string of the molecule is Cc1ccc([C@H](C[N+](=O)[O-])[C@H]2N=C3[C@H]4CC[C@@](C)([C@@H]3OC2=O)C4(C)C)cc1. The molecule has 0 spiro atoms. The molecule has 27 heavy (non-hydrogen) atoms. The van der Waals surface area contributed by atoms with E-state index in [4.69, 9.17) is 9.73 Å². The Balaban J connectivity index is 1.75. The molecule has 6 nitrogen and oxygen atoms in total. The summed E-state index contributed by atoms with van der Waals surface area (Å²) in [6, 6.07) is 6.69. The van der Waals surface area contributed by atoms with Crippen LogP contribution in [0.25, 0.3) is 0 Å². The molecule has 2 saturated carbocycles. The second-order valence-corrected chi connectivity index (χ2v) is 9.08. The zero-order valence-electron chi connectivity index (χ0n) is 16.3. The van der Waals surface area contributed by atoms with Crippen molar-refractivity contribution in [1.29, 1.82) is 0 Å². The van der Waals surface area contributed by atoms with E-state index in [1.165, 1.54) is 0 Å². The third-order valence-corrected chi connectivity index (χ3v) is 7.50. The van der Waals surface area contributed by atoms with Crippen LogP contribution in [-0.4, -0.2) is 35.3 Å². The minimum absolute atomic E-state index is 0.00806. The number of fused-ring (bicyclic) bond motifs is 5. The van der Waals surface area contributed by atoms with Crippen LogP contribution in [0.4, 0.5) is 0 Å². The molecule has 6 heteroatoms. The molecule has 0 radical (unpaired) electrons. The Kier molecular flexibility index (Phi) is 3.95. The monoisotopic (exact) mass is 370 g/mol. The summed E-state index contributed by atoms with van der Waals surface area (Å²) in [6.45, 7) is 8.26. The van der Waals surface area contributed by atoms with Crippen molar-refractivity contribution in [3.05, 3.63) is 45.5 Å². The number of carbonyl (C=O) groups is 1. The van der Waals surface area contributed by atoms with E-state index in [-0.39, 0.29) is 34.3 Å². The van der Waals surface area contributed by atoms with E-state index >= 15 is 0 Å². The molecular weight excluding hydrogens is 344 g/mol. The highest BCUT2D eigenvalue weighted by atomic mass is 16.6. The third-order valence-electron chi connectivity index (χ3n) is 7.50. The Labute approximate surface area is 159 Å². The number of hydrogen-bond donors (Lipinski definition) is 0. The van der Waals surface area contributed by atoms with Crippen LogP contribution in [0.15, 0.2) is 29.3 Å². The number of carbonyl (C=O) groups excluding carboxylic acids is 1. The van der Waals surface area contributed by atoms with Crippen molar-refractivity contribution >= 4 is 11.7 Å². The molecule has 3 aliphatic rings. The topological polar surface area (TPSA) is 81.8 Å². The lowest BCUT2D eigenvalue weighted by atomic mass is 9.70. The van der Waals surface area contributed by atoms with Crippen molar-refractivity contribution in [3.63, 3.8) is 0 Å². The van der Waals surface area contributed by atoms with Crippen LogP contribution in [0.3, 0.4) is 0 Å². The van der Waals surface area contributed by atoms with Gasteiger partial charge in [0.2, 0.25) is 6.54 Å². The number of nitrogens with zero attached hydrogens (tertiary/aromatic N) is 2. The second-order valence-electron chi connectivity index (χ2n) is 9.08. The average Bonchev–Trinajstić information content (AvgIpc) is 2.92. The standard InChI is InChI=1S/C21H26N2O4/c1-12-5-7-13(8-6-12)14(11-23(25)26)16-19(24)27-18-17(22-16)15-9-10-21(18,4)20(15,2)3/h5-8,14-16,18H,9-11H2,1-4H3/t14-,15+,16+,18+,21-/m0/s1.